The molecule has 1 heterocycles. The van der Waals surface area contributed by atoms with Crippen LogP contribution in [0.4, 0.5) is 0 Å². The lowest BCUT2D eigenvalue weighted by molar-refractivity contribution is -0.117. The summed E-state index contributed by atoms with van der Waals surface area (Å²) in [6.45, 7) is 0. The molecule has 0 atom stereocenters. The Morgan fingerprint density at radius 2 is 1.86 bits per heavy atom. The molecule has 0 bridgehead atoms. The van der Waals surface area contributed by atoms with E-state index < -0.39 is 11.8 Å². The van der Waals surface area contributed by atoms with Crippen molar-refractivity contribution in [2.75, 3.05) is 14.2 Å². The molecule has 2 aromatic carbocycles. The van der Waals surface area contributed by atoms with Crippen molar-refractivity contribution < 1.29 is 14.3 Å². The third-order valence-corrected chi connectivity index (χ3v) is 4.36. The number of halogens is 1. The highest BCUT2D eigenvalue weighted by Crippen LogP contribution is 2.25. The van der Waals surface area contributed by atoms with Gasteiger partial charge in [-0.3, -0.25) is 9.59 Å². The summed E-state index contributed by atoms with van der Waals surface area (Å²) < 4.78 is 5.19. The van der Waals surface area contributed by atoms with Gasteiger partial charge in [0, 0.05) is 29.6 Å². The van der Waals surface area contributed by atoms with Crippen LogP contribution in [0.2, 0.25) is 5.15 Å². The third-order valence-electron chi connectivity index (χ3n) is 4.06. The van der Waals surface area contributed by atoms with Gasteiger partial charge in [0.25, 0.3) is 11.8 Å². The van der Waals surface area contributed by atoms with Crippen LogP contribution < -0.4 is 15.4 Å². The lowest BCUT2D eigenvalue weighted by Crippen LogP contribution is -2.33. The summed E-state index contributed by atoms with van der Waals surface area (Å²) in [4.78, 5) is 29.1. The van der Waals surface area contributed by atoms with E-state index in [9.17, 15) is 9.59 Å². The average molecular weight is 396 g/mol. The van der Waals surface area contributed by atoms with Gasteiger partial charge in [-0.05, 0) is 36.4 Å². The summed E-state index contributed by atoms with van der Waals surface area (Å²) in [5.74, 6) is -0.180. The second kappa shape index (κ2) is 8.54. The van der Waals surface area contributed by atoms with Crippen molar-refractivity contribution in [2.45, 2.75) is 0 Å². The minimum atomic E-state index is -0.449. The molecule has 0 unspecified atom stereocenters. The number of aromatic nitrogens is 1. The second-order valence-electron chi connectivity index (χ2n) is 5.88. The van der Waals surface area contributed by atoms with E-state index in [0.29, 0.717) is 22.4 Å². The first kappa shape index (κ1) is 19.4. The first-order chi connectivity index (χ1) is 13.5. The molecule has 0 fully saturated rings. The lowest BCUT2D eigenvalue weighted by atomic mass is 10.1. The fourth-order valence-corrected chi connectivity index (χ4v) is 2.80. The summed E-state index contributed by atoms with van der Waals surface area (Å²) in [5.41, 5.74) is 1.67. The number of nitrogens with zero attached hydrogens (tertiary/aromatic N) is 1. The van der Waals surface area contributed by atoms with Crippen molar-refractivity contribution in [2.24, 2.45) is 0 Å². The molecule has 3 aromatic rings. The predicted molar refractivity (Wildman–Crippen MR) is 109 cm³/mol. The maximum atomic E-state index is 12.4. The molecular weight excluding hydrogens is 378 g/mol. The van der Waals surface area contributed by atoms with Crippen LogP contribution in [0.25, 0.3) is 17.0 Å². The Morgan fingerprint density at radius 1 is 1.11 bits per heavy atom. The maximum absolute atomic E-state index is 12.4. The fraction of sp³-hybridized carbons (Fsp3) is 0.0952. The number of fused-ring (bicyclic) bond motifs is 1. The van der Waals surface area contributed by atoms with E-state index in [1.54, 1.807) is 43.5 Å². The highest BCUT2D eigenvalue weighted by atomic mass is 35.5. The highest BCUT2D eigenvalue weighted by Gasteiger charge is 2.15. The molecule has 142 valence electrons. The standard InChI is InChI=1S/C21H18ClN3O3/c1-23-21(27)18(25-20(26)13-6-4-3-5-7-13)11-15-10-14-8-9-16(28-2)12-17(14)24-19(15)22/h3-12H,1-2H3,(H,23,27)(H,25,26). The van der Waals surface area contributed by atoms with Gasteiger partial charge in [-0.1, -0.05) is 29.8 Å². The normalized spacial score (nSPS) is 11.2. The Bertz CT molecular complexity index is 1070. The minimum Gasteiger partial charge on any atom is -0.497 e. The number of carbonyl (C=O) groups excluding carboxylic acids is 2. The number of methoxy groups -OCH3 is 1. The molecule has 0 radical (unpaired) electrons. The zero-order chi connectivity index (χ0) is 20.1. The molecule has 0 aliphatic rings. The summed E-state index contributed by atoms with van der Waals surface area (Å²) >= 11 is 6.30. The summed E-state index contributed by atoms with van der Waals surface area (Å²) in [6, 6.07) is 15.8. The van der Waals surface area contributed by atoms with Crippen LogP contribution in [-0.2, 0) is 4.79 Å². The van der Waals surface area contributed by atoms with Gasteiger partial charge in [-0.15, -0.1) is 0 Å². The Balaban J connectivity index is 1.99. The van der Waals surface area contributed by atoms with Crippen molar-refractivity contribution in [3.05, 3.63) is 76.6 Å². The van der Waals surface area contributed by atoms with Gasteiger partial charge in [0.1, 0.15) is 16.6 Å². The Morgan fingerprint density at radius 3 is 2.54 bits per heavy atom. The first-order valence-corrected chi connectivity index (χ1v) is 8.84. The van der Waals surface area contributed by atoms with E-state index in [1.807, 2.05) is 18.2 Å². The lowest BCUT2D eigenvalue weighted by Gasteiger charge is -2.10. The van der Waals surface area contributed by atoms with Crippen molar-refractivity contribution in [1.82, 2.24) is 15.6 Å². The number of amides is 2. The molecule has 0 aliphatic carbocycles. The fourth-order valence-electron chi connectivity index (χ4n) is 2.60. The molecule has 3 rings (SSSR count). The first-order valence-electron chi connectivity index (χ1n) is 8.46. The molecule has 0 saturated heterocycles. The minimum absolute atomic E-state index is 0.0629. The number of nitrogens with one attached hydrogen (secondary N) is 2. The van der Waals surface area contributed by atoms with Gasteiger partial charge in [0.05, 0.1) is 12.6 Å². The highest BCUT2D eigenvalue weighted by molar-refractivity contribution is 6.31. The van der Waals surface area contributed by atoms with Gasteiger partial charge < -0.3 is 15.4 Å². The number of hydrogen-bond donors (Lipinski definition) is 2. The van der Waals surface area contributed by atoms with Crippen LogP contribution in [0.5, 0.6) is 5.75 Å². The smallest absolute Gasteiger partial charge is 0.267 e. The maximum Gasteiger partial charge on any atom is 0.267 e. The number of carbonyl (C=O) groups is 2. The molecule has 7 heteroatoms. The SMILES string of the molecule is CNC(=O)C(=Cc1cc2ccc(OC)cc2nc1Cl)NC(=O)c1ccccc1. The zero-order valence-electron chi connectivity index (χ0n) is 15.3. The number of rotatable bonds is 5. The third kappa shape index (κ3) is 4.29. The quantitative estimate of drug-likeness (QED) is 0.512. The van der Waals surface area contributed by atoms with Gasteiger partial charge in [0.2, 0.25) is 0 Å². The van der Waals surface area contributed by atoms with E-state index in [4.69, 9.17) is 16.3 Å². The van der Waals surface area contributed by atoms with E-state index in [1.165, 1.54) is 13.1 Å². The summed E-state index contributed by atoms with van der Waals surface area (Å²) in [5, 5.41) is 6.17. The number of ether oxygens (including phenoxy) is 1. The van der Waals surface area contributed by atoms with Crippen molar-refractivity contribution in [1.29, 1.82) is 0 Å². The molecule has 6 nitrogen and oxygen atoms in total. The van der Waals surface area contributed by atoms with E-state index in [0.717, 1.165) is 5.39 Å². The molecule has 0 spiro atoms. The zero-order valence-corrected chi connectivity index (χ0v) is 16.1. The van der Waals surface area contributed by atoms with Crippen molar-refractivity contribution in [3.63, 3.8) is 0 Å². The Hall–Kier alpha value is -3.38. The Labute approximate surface area is 167 Å². The molecule has 2 N–H and O–H groups in total. The number of likely N-dealkylation sites (N-methyl/N-ethyl adjacent to an activating group) is 1. The van der Waals surface area contributed by atoms with Gasteiger partial charge in [-0.25, -0.2) is 4.98 Å². The van der Waals surface area contributed by atoms with Gasteiger partial charge in [-0.2, -0.15) is 0 Å². The summed E-state index contributed by atoms with van der Waals surface area (Å²) in [6.07, 6.45) is 1.50. The van der Waals surface area contributed by atoms with Crippen LogP contribution in [-0.4, -0.2) is 31.0 Å². The number of pyridine rings is 1. The molecular formula is C21H18ClN3O3. The van der Waals surface area contributed by atoms with E-state index in [2.05, 4.69) is 15.6 Å². The van der Waals surface area contributed by atoms with Gasteiger partial charge in [0.15, 0.2) is 0 Å². The van der Waals surface area contributed by atoms with Crippen LogP contribution in [0, 0.1) is 0 Å². The number of hydrogen-bond acceptors (Lipinski definition) is 4. The summed E-state index contributed by atoms with van der Waals surface area (Å²) in [7, 11) is 3.06. The second-order valence-corrected chi connectivity index (χ2v) is 6.24. The molecule has 2 amide bonds. The van der Waals surface area contributed by atoms with E-state index in [-0.39, 0.29) is 10.9 Å². The van der Waals surface area contributed by atoms with Crippen molar-refractivity contribution >= 4 is 40.4 Å². The molecule has 0 saturated carbocycles. The molecule has 1 aromatic heterocycles. The topological polar surface area (TPSA) is 80.3 Å². The Kier molecular flexibility index (Phi) is 5.91. The number of benzene rings is 2. The average Bonchev–Trinajstić information content (AvgIpc) is 2.73. The monoisotopic (exact) mass is 395 g/mol. The predicted octanol–water partition coefficient (Wildman–Crippen LogP) is 3.41. The van der Waals surface area contributed by atoms with Crippen LogP contribution in [0.15, 0.2) is 60.3 Å². The molecule has 0 aliphatic heterocycles. The van der Waals surface area contributed by atoms with Gasteiger partial charge >= 0.3 is 0 Å². The van der Waals surface area contributed by atoms with Crippen molar-refractivity contribution in [3.8, 4) is 5.75 Å². The van der Waals surface area contributed by atoms with Crippen LogP contribution in [0.3, 0.4) is 0 Å². The molecule has 28 heavy (non-hydrogen) atoms. The van der Waals surface area contributed by atoms with Crippen LogP contribution in [0.1, 0.15) is 15.9 Å². The largest absolute Gasteiger partial charge is 0.497 e. The van der Waals surface area contributed by atoms with Crippen LogP contribution >= 0.6 is 11.6 Å². The van der Waals surface area contributed by atoms with E-state index >= 15 is 0 Å².